The van der Waals surface area contributed by atoms with E-state index in [-0.39, 0.29) is 13.0 Å². The molecule has 7 amide bonds. The molecule has 0 bridgehead atoms. The zero-order valence-electron chi connectivity index (χ0n) is 30.4. The van der Waals surface area contributed by atoms with Crippen LogP contribution in [0.15, 0.2) is 65.7 Å². The quantitative estimate of drug-likeness (QED) is 0.107. The van der Waals surface area contributed by atoms with Crippen LogP contribution in [-0.2, 0) is 51.2 Å². The van der Waals surface area contributed by atoms with E-state index >= 15 is 0 Å². The molecule has 0 spiro atoms. The summed E-state index contributed by atoms with van der Waals surface area (Å²) in [7, 11) is 0. The van der Waals surface area contributed by atoms with Crippen molar-refractivity contribution in [2.45, 2.75) is 88.6 Å². The molecular formula is C38H48N8O8. The van der Waals surface area contributed by atoms with Gasteiger partial charge in [-0.25, -0.2) is 4.99 Å². The van der Waals surface area contributed by atoms with Crippen molar-refractivity contribution in [3.8, 4) is 0 Å². The van der Waals surface area contributed by atoms with Crippen LogP contribution in [0, 0.1) is 0 Å². The van der Waals surface area contributed by atoms with Crippen LogP contribution >= 0.6 is 0 Å². The maximum absolute atomic E-state index is 13.6. The van der Waals surface area contributed by atoms with Gasteiger partial charge in [-0.05, 0) is 57.1 Å². The summed E-state index contributed by atoms with van der Waals surface area (Å²) in [5.41, 5.74) is 7.10. The number of amides is 7. The minimum Gasteiger partial charge on any atom is -0.345 e. The summed E-state index contributed by atoms with van der Waals surface area (Å²) in [4.78, 5) is 109. The Bertz CT molecular complexity index is 1700. The second kappa shape index (κ2) is 19.9. The molecule has 288 valence electrons. The van der Waals surface area contributed by atoms with E-state index in [0.29, 0.717) is 44.9 Å². The lowest BCUT2D eigenvalue weighted by Gasteiger charge is -2.27. The van der Waals surface area contributed by atoms with Crippen LogP contribution in [0.2, 0.25) is 0 Å². The van der Waals surface area contributed by atoms with Gasteiger partial charge >= 0.3 is 0 Å². The lowest BCUT2D eigenvalue weighted by atomic mass is 10.0. The molecule has 2 aromatic carbocycles. The fourth-order valence-electron chi connectivity index (χ4n) is 6.36. The summed E-state index contributed by atoms with van der Waals surface area (Å²) in [6, 6.07) is 12.5. The van der Waals surface area contributed by atoms with Crippen molar-refractivity contribution in [1.82, 2.24) is 31.1 Å². The molecular weight excluding hydrogens is 696 g/mol. The summed E-state index contributed by atoms with van der Waals surface area (Å²) >= 11 is 0. The highest BCUT2D eigenvalue weighted by atomic mass is 16.2. The van der Waals surface area contributed by atoms with E-state index in [1.54, 1.807) is 30.3 Å². The second-order valence-electron chi connectivity index (χ2n) is 13.5. The molecule has 0 radical (unpaired) electrons. The van der Waals surface area contributed by atoms with Crippen molar-refractivity contribution in [2.24, 2.45) is 10.7 Å². The highest BCUT2D eigenvalue weighted by Crippen LogP contribution is 2.19. The molecule has 2 saturated heterocycles. The van der Waals surface area contributed by atoms with Gasteiger partial charge in [0.25, 0.3) is 11.8 Å². The van der Waals surface area contributed by atoms with Crippen LogP contribution in [-0.4, -0.2) is 120 Å². The predicted molar refractivity (Wildman–Crippen MR) is 197 cm³/mol. The zero-order chi connectivity index (χ0) is 39.2. The van der Waals surface area contributed by atoms with Crippen molar-refractivity contribution in [2.75, 3.05) is 19.6 Å². The second-order valence-corrected chi connectivity index (χ2v) is 13.5. The molecule has 6 atom stereocenters. The average Bonchev–Trinajstić information content (AvgIpc) is 3.87. The SMILES string of the molecule is C[C@H](N)C(=O)N=CC(=O)N1CCC[C@H]1C(=O)N[C@@H](Cc1ccccc1)C(=O)N[C@@H](C)C(=O)NCC(=O)N1CCC[C@H]1C(=O)N[C@H](C=O)Cc1ccccc1. The molecule has 0 aliphatic carbocycles. The monoisotopic (exact) mass is 744 g/mol. The Morgan fingerprint density at radius 2 is 1.33 bits per heavy atom. The first kappa shape index (κ1) is 41.0. The maximum Gasteiger partial charge on any atom is 0.265 e. The number of aldehydes is 1. The van der Waals surface area contributed by atoms with E-state index in [1.807, 2.05) is 30.3 Å². The van der Waals surface area contributed by atoms with Gasteiger partial charge in [0.05, 0.1) is 24.8 Å². The van der Waals surface area contributed by atoms with Crippen LogP contribution in [0.5, 0.6) is 0 Å². The van der Waals surface area contributed by atoms with Crippen molar-refractivity contribution in [3.63, 3.8) is 0 Å². The number of rotatable bonds is 16. The van der Waals surface area contributed by atoms with Gasteiger partial charge in [0.2, 0.25) is 29.5 Å². The minimum absolute atomic E-state index is 0.0744. The normalized spacial score (nSPS) is 18.9. The smallest absolute Gasteiger partial charge is 0.265 e. The molecule has 16 nitrogen and oxygen atoms in total. The van der Waals surface area contributed by atoms with E-state index in [9.17, 15) is 38.4 Å². The number of nitrogens with zero attached hydrogens (tertiary/aromatic N) is 3. The van der Waals surface area contributed by atoms with E-state index in [4.69, 9.17) is 5.73 Å². The summed E-state index contributed by atoms with van der Waals surface area (Å²) in [5, 5.41) is 10.6. The Labute approximate surface area is 313 Å². The van der Waals surface area contributed by atoms with E-state index in [0.717, 1.165) is 17.3 Å². The number of hydrogen-bond donors (Lipinski definition) is 5. The number of hydrogen-bond acceptors (Lipinski definition) is 9. The third-order valence-corrected chi connectivity index (χ3v) is 9.28. The van der Waals surface area contributed by atoms with Gasteiger partial charge in [0.1, 0.15) is 30.5 Å². The van der Waals surface area contributed by atoms with Crippen molar-refractivity contribution < 1.29 is 38.4 Å². The Hall–Kier alpha value is -5.77. The summed E-state index contributed by atoms with van der Waals surface area (Å²) < 4.78 is 0. The molecule has 2 fully saturated rings. The van der Waals surface area contributed by atoms with Crippen LogP contribution in [0.4, 0.5) is 0 Å². The third-order valence-electron chi connectivity index (χ3n) is 9.28. The average molecular weight is 745 g/mol. The van der Waals surface area contributed by atoms with Crippen molar-refractivity contribution >= 4 is 53.9 Å². The van der Waals surface area contributed by atoms with Crippen LogP contribution < -0.4 is 27.0 Å². The van der Waals surface area contributed by atoms with E-state index in [1.165, 1.54) is 23.6 Å². The Balaban J connectivity index is 1.33. The summed E-state index contributed by atoms with van der Waals surface area (Å²) in [5.74, 6) is -4.20. The van der Waals surface area contributed by atoms with Gasteiger partial charge < -0.3 is 41.6 Å². The van der Waals surface area contributed by atoms with Gasteiger partial charge in [-0.15, -0.1) is 0 Å². The number of nitrogens with one attached hydrogen (secondary N) is 4. The lowest BCUT2D eigenvalue weighted by molar-refractivity contribution is -0.139. The fraction of sp³-hybridized carbons (Fsp3) is 0.447. The molecule has 2 heterocycles. The van der Waals surface area contributed by atoms with Crippen LogP contribution in [0.1, 0.15) is 50.7 Å². The first-order chi connectivity index (χ1) is 25.9. The summed E-state index contributed by atoms with van der Waals surface area (Å²) in [6.45, 7) is 2.98. The number of carbonyl (C=O) groups excluding carboxylic acids is 8. The minimum atomic E-state index is -1.14. The fourth-order valence-corrected chi connectivity index (χ4v) is 6.36. The molecule has 2 aliphatic rings. The molecule has 6 N–H and O–H groups in total. The molecule has 4 rings (SSSR count). The first-order valence-electron chi connectivity index (χ1n) is 18.0. The van der Waals surface area contributed by atoms with Gasteiger partial charge in [0.15, 0.2) is 0 Å². The van der Waals surface area contributed by atoms with Gasteiger partial charge in [-0.1, -0.05) is 60.7 Å². The van der Waals surface area contributed by atoms with Gasteiger partial charge in [-0.2, -0.15) is 0 Å². The highest BCUT2D eigenvalue weighted by molar-refractivity contribution is 6.28. The van der Waals surface area contributed by atoms with Crippen molar-refractivity contribution in [1.29, 1.82) is 0 Å². The molecule has 0 saturated carbocycles. The van der Waals surface area contributed by atoms with Crippen LogP contribution in [0.25, 0.3) is 0 Å². The Kier molecular flexibility index (Phi) is 15.1. The lowest BCUT2D eigenvalue weighted by Crippen LogP contribution is -2.57. The van der Waals surface area contributed by atoms with E-state index < -0.39 is 84.1 Å². The number of benzene rings is 2. The molecule has 2 aliphatic heterocycles. The highest BCUT2D eigenvalue weighted by Gasteiger charge is 2.37. The zero-order valence-corrected chi connectivity index (χ0v) is 30.4. The predicted octanol–water partition coefficient (Wildman–Crippen LogP) is -0.812. The number of carbonyl (C=O) groups is 8. The van der Waals surface area contributed by atoms with E-state index in [2.05, 4.69) is 26.3 Å². The standard InChI is InChI=1S/C38H48N8O8/c1-24(39)34(50)40-21-32(48)46-18-10-16-31(46)38(54)44-29(20-27-13-7-4-8-14-27)36(52)42-25(2)35(51)41-22-33(49)45-17-9-15-30(45)37(53)43-28(23-47)19-26-11-5-3-6-12-26/h3-8,11-14,21,23-25,28-31H,9-10,15-20,22,39H2,1-2H3,(H,41,51)(H,42,52)(H,43,53)(H,44,54)/t24-,25-,28-,29-,30-,31-/m0/s1. The molecule has 16 heteroatoms. The Morgan fingerprint density at radius 1 is 0.778 bits per heavy atom. The topological polar surface area (TPSA) is 230 Å². The van der Waals surface area contributed by atoms with Gasteiger partial charge in [-0.3, -0.25) is 33.6 Å². The number of nitrogens with two attached hydrogens (primary N) is 1. The third kappa shape index (κ3) is 11.6. The molecule has 0 aromatic heterocycles. The van der Waals surface area contributed by atoms with Crippen molar-refractivity contribution in [3.05, 3.63) is 71.8 Å². The molecule has 2 aromatic rings. The first-order valence-corrected chi connectivity index (χ1v) is 18.0. The van der Waals surface area contributed by atoms with Crippen LogP contribution in [0.3, 0.4) is 0 Å². The van der Waals surface area contributed by atoms with Gasteiger partial charge in [0, 0.05) is 19.5 Å². The maximum atomic E-state index is 13.6. The number of aliphatic imine (C=N–C) groups is 1. The molecule has 0 unspecified atom stereocenters. The molecule has 54 heavy (non-hydrogen) atoms. The Morgan fingerprint density at radius 3 is 1.93 bits per heavy atom. The number of likely N-dealkylation sites (tertiary alicyclic amines) is 2. The summed E-state index contributed by atoms with van der Waals surface area (Å²) in [6.07, 6.45) is 3.68. The largest absolute Gasteiger partial charge is 0.345 e.